The van der Waals surface area contributed by atoms with Crippen molar-refractivity contribution in [2.75, 3.05) is 12.3 Å². The standard InChI is InChI=1S/C20H16F3N3O2S/c21-20(22,23)15-6-8-16(9-7-15)26-11-10-24-19(26)29-13-18(28)25-12-17(27)14-4-2-1-3-5-14/h1-11H,12-13H2,(H,25,28). The van der Waals surface area contributed by atoms with Crippen molar-refractivity contribution in [1.29, 1.82) is 0 Å². The average molecular weight is 419 g/mol. The number of rotatable bonds is 7. The third-order valence-electron chi connectivity index (χ3n) is 3.95. The number of nitrogens with one attached hydrogen (secondary N) is 1. The largest absolute Gasteiger partial charge is 0.416 e. The van der Waals surface area contributed by atoms with Crippen LogP contribution in [-0.4, -0.2) is 33.5 Å². The summed E-state index contributed by atoms with van der Waals surface area (Å²) in [5.41, 5.74) is 0.272. The molecule has 0 aliphatic rings. The number of thioether (sulfide) groups is 1. The molecule has 0 bridgehead atoms. The van der Waals surface area contributed by atoms with E-state index in [0.29, 0.717) is 16.4 Å². The number of aromatic nitrogens is 2. The zero-order chi connectivity index (χ0) is 20.9. The molecule has 3 aromatic rings. The first kappa shape index (κ1) is 20.7. The second-order valence-corrected chi connectivity index (χ2v) is 6.92. The van der Waals surface area contributed by atoms with Gasteiger partial charge in [-0.2, -0.15) is 13.2 Å². The molecule has 1 heterocycles. The quantitative estimate of drug-likeness (QED) is 0.465. The minimum Gasteiger partial charge on any atom is -0.348 e. The Labute approximate surface area is 169 Å². The number of imidazole rings is 1. The summed E-state index contributed by atoms with van der Waals surface area (Å²) < 4.78 is 39.7. The van der Waals surface area contributed by atoms with E-state index in [1.54, 1.807) is 41.1 Å². The van der Waals surface area contributed by atoms with Crippen LogP contribution in [0.2, 0.25) is 0 Å². The summed E-state index contributed by atoms with van der Waals surface area (Å²) in [4.78, 5) is 28.2. The molecule has 1 amide bonds. The fraction of sp³-hybridized carbons (Fsp3) is 0.150. The van der Waals surface area contributed by atoms with Crippen LogP contribution in [-0.2, 0) is 11.0 Å². The smallest absolute Gasteiger partial charge is 0.348 e. The van der Waals surface area contributed by atoms with Crippen LogP contribution in [0.5, 0.6) is 0 Å². The topological polar surface area (TPSA) is 64.0 Å². The zero-order valence-corrected chi connectivity index (χ0v) is 15.8. The summed E-state index contributed by atoms with van der Waals surface area (Å²) in [6.45, 7) is -0.114. The lowest BCUT2D eigenvalue weighted by molar-refractivity contribution is -0.137. The van der Waals surface area contributed by atoms with Crippen molar-refractivity contribution in [2.45, 2.75) is 11.3 Å². The molecule has 1 N–H and O–H groups in total. The zero-order valence-electron chi connectivity index (χ0n) is 15.0. The van der Waals surface area contributed by atoms with Gasteiger partial charge in [-0.25, -0.2) is 4.98 Å². The molecule has 150 valence electrons. The summed E-state index contributed by atoms with van der Waals surface area (Å²) in [5, 5.41) is 3.01. The van der Waals surface area contributed by atoms with Gasteiger partial charge in [-0.3, -0.25) is 14.2 Å². The summed E-state index contributed by atoms with van der Waals surface area (Å²) >= 11 is 1.12. The predicted molar refractivity (Wildman–Crippen MR) is 103 cm³/mol. The van der Waals surface area contributed by atoms with E-state index >= 15 is 0 Å². The van der Waals surface area contributed by atoms with E-state index in [4.69, 9.17) is 0 Å². The number of Topliss-reactive ketones (excluding diaryl/α,β-unsaturated/α-hetero) is 1. The number of nitrogens with zero attached hydrogens (tertiary/aromatic N) is 2. The van der Waals surface area contributed by atoms with Crippen molar-refractivity contribution in [3.8, 4) is 5.69 Å². The number of halogens is 3. The average Bonchev–Trinajstić information content (AvgIpc) is 3.19. The van der Waals surface area contributed by atoms with Gasteiger partial charge in [-0.1, -0.05) is 42.1 Å². The van der Waals surface area contributed by atoms with Crippen molar-refractivity contribution in [1.82, 2.24) is 14.9 Å². The number of alkyl halides is 3. The monoisotopic (exact) mass is 419 g/mol. The number of hydrogen-bond acceptors (Lipinski definition) is 4. The highest BCUT2D eigenvalue weighted by Gasteiger charge is 2.30. The molecule has 1 aromatic heterocycles. The SMILES string of the molecule is O=C(CSc1nccn1-c1ccc(C(F)(F)F)cc1)NCC(=O)c1ccccc1. The molecule has 0 fully saturated rings. The van der Waals surface area contributed by atoms with Crippen LogP contribution in [0.15, 0.2) is 72.1 Å². The third kappa shape index (κ3) is 5.47. The van der Waals surface area contributed by atoms with Crippen LogP contribution >= 0.6 is 11.8 Å². The van der Waals surface area contributed by atoms with Gasteiger partial charge in [0.2, 0.25) is 5.91 Å². The normalized spacial score (nSPS) is 11.3. The highest BCUT2D eigenvalue weighted by Crippen LogP contribution is 2.30. The highest BCUT2D eigenvalue weighted by molar-refractivity contribution is 7.99. The minimum atomic E-state index is -4.40. The maximum atomic E-state index is 12.7. The van der Waals surface area contributed by atoms with Gasteiger partial charge in [-0.15, -0.1) is 0 Å². The molecule has 29 heavy (non-hydrogen) atoms. The van der Waals surface area contributed by atoms with Crippen molar-refractivity contribution in [3.63, 3.8) is 0 Å². The van der Waals surface area contributed by atoms with Crippen LogP contribution < -0.4 is 5.32 Å². The van der Waals surface area contributed by atoms with Crippen molar-refractivity contribution < 1.29 is 22.8 Å². The lowest BCUT2D eigenvalue weighted by Gasteiger charge is -2.10. The first-order valence-corrected chi connectivity index (χ1v) is 9.52. The van der Waals surface area contributed by atoms with Gasteiger partial charge in [-0.05, 0) is 24.3 Å². The molecule has 0 atom stereocenters. The van der Waals surface area contributed by atoms with Gasteiger partial charge >= 0.3 is 6.18 Å². The molecule has 0 aliphatic heterocycles. The van der Waals surface area contributed by atoms with Crippen LogP contribution in [0.25, 0.3) is 5.69 Å². The molecule has 0 radical (unpaired) electrons. The van der Waals surface area contributed by atoms with Crippen molar-refractivity contribution in [2.24, 2.45) is 0 Å². The number of carbonyl (C=O) groups excluding carboxylic acids is 2. The van der Waals surface area contributed by atoms with Crippen LogP contribution in [0.4, 0.5) is 13.2 Å². The van der Waals surface area contributed by atoms with E-state index in [0.717, 1.165) is 23.9 Å². The third-order valence-corrected chi connectivity index (χ3v) is 4.92. The number of hydrogen-bond donors (Lipinski definition) is 1. The Morgan fingerprint density at radius 1 is 1.03 bits per heavy atom. The summed E-state index contributed by atoms with van der Waals surface area (Å²) in [6, 6.07) is 13.3. The van der Waals surface area contributed by atoms with Gasteiger partial charge in [0.15, 0.2) is 10.9 Å². The Kier molecular flexibility index (Phi) is 6.38. The Bertz CT molecular complexity index is 986. The summed E-state index contributed by atoms with van der Waals surface area (Å²) in [6.07, 6.45) is -1.31. The molecule has 0 spiro atoms. The van der Waals surface area contributed by atoms with Crippen LogP contribution in [0, 0.1) is 0 Å². The van der Waals surface area contributed by atoms with Gasteiger partial charge in [0, 0.05) is 23.6 Å². The fourth-order valence-electron chi connectivity index (χ4n) is 2.49. The number of carbonyl (C=O) groups is 2. The van der Waals surface area contributed by atoms with E-state index in [9.17, 15) is 22.8 Å². The van der Waals surface area contributed by atoms with Crippen LogP contribution in [0.1, 0.15) is 15.9 Å². The highest BCUT2D eigenvalue weighted by atomic mass is 32.2. The first-order valence-electron chi connectivity index (χ1n) is 8.53. The van der Waals surface area contributed by atoms with E-state index in [-0.39, 0.29) is 24.0 Å². The first-order chi connectivity index (χ1) is 13.8. The fourth-order valence-corrected chi connectivity index (χ4v) is 3.29. The maximum absolute atomic E-state index is 12.7. The van der Waals surface area contributed by atoms with Gasteiger partial charge in [0.1, 0.15) is 0 Å². The molecule has 0 saturated heterocycles. The molecule has 5 nitrogen and oxygen atoms in total. The molecule has 2 aromatic carbocycles. The number of ketones is 1. The lowest BCUT2D eigenvalue weighted by Crippen LogP contribution is -2.30. The minimum absolute atomic E-state index is 0.0136. The number of benzene rings is 2. The molecular formula is C20H16F3N3O2S. The molecule has 0 saturated carbocycles. The van der Waals surface area contributed by atoms with Crippen molar-refractivity contribution in [3.05, 3.63) is 78.1 Å². The number of amides is 1. The van der Waals surface area contributed by atoms with Crippen molar-refractivity contribution >= 4 is 23.5 Å². The second-order valence-electron chi connectivity index (χ2n) is 5.98. The Balaban J connectivity index is 1.56. The second kappa shape index (κ2) is 8.95. The summed E-state index contributed by atoms with van der Waals surface area (Å²) in [7, 11) is 0. The van der Waals surface area contributed by atoms with E-state index in [1.807, 2.05) is 0 Å². The lowest BCUT2D eigenvalue weighted by atomic mass is 10.1. The van der Waals surface area contributed by atoms with E-state index in [1.165, 1.54) is 18.3 Å². The Morgan fingerprint density at radius 3 is 2.38 bits per heavy atom. The van der Waals surface area contributed by atoms with E-state index in [2.05, 4.69) is 10.3 Å². The molecule has 0 aliphatic carbocycles. The van der Waals surface area contributed by atoms with Gasteiger partial charge in [0.25, 0.3) is 0 Å². The van der Waals surface area contributed by atoms with Gasteiger partial charge in [0.05, 0.1) is 17.9 Å². The van der Waals surface area contributed by atoms with Crippen LogP contribution in [0.3, 0.4) is 0 Å². The maximum Gasteiger partial charge on any atom is 0.416 e. The molecular weight excluding hydrogens is 403 g/mol. The Morgan fingerprint density at radius 2 is 1.72 bits per heavy atom. The predicted octanol–water partition coefficient (Wildman–Crippen LogP) is 3.98. The molecule has 3 rings (SSSR count). The Hall–Kier alpha value is -3.07. The molecule has 9 heteroatoms. The molecule has 0 unspecified atom stereocenters. The van der Waals surface area contributed by atoms with E-state index < -0.39 is 11.7 Å². The summed E-state index contributed by atoms with van der Waals surface area (Å²) in [5.74, 6) is -0.531. The van der Waals surface area contributed by atoms with Gasteiger partial charge < -0.3 is 5.32 Å².